The molecule has 0 aliphatic carbocycles. The second kappa shape index (κ2) is 11.5. The summed E-state index contributed by atoms with van der Waals surface area (Å²) in [5.74, 6) is -0.803. The number of nitrogens with one attached hydrogen (secondary N) is 2. The van der Waals surface area contributed by atoms with E-state index in [9.17, 15) is 24.5 Å². The number of anilines is 3. The number of hydrogen-bond acceptors (Lipinski definition) is 8. The minimum Gasteiger partial charge on any atom is -0.383 e. The molecule has 0 atom stereocenters. The molecule has 4 N–H and O–H groups in total. The van der Waals surface area contributed by atoms with E-state index < -0.39 is 22.1 Å². The lowest BCUT2D eigenvalue weighted by molar-refractivity contribution is -0.384. The van der Waals surface area contributed by atoms with Crippen molar-refractivity contribution in [1.29, 1.82) is 0 Å². The van der Waals surface area contributed by atoms with Crippen molar-refractivity contribution >= 4 is 28.8 Å². The highest BCUT2D eigenvalue weighted by molar-refractivity contribution is 6.08. The zero-order chi connectivity index (χ0) is 25.6. The molecule has 1 aromatic heterocycles. The largest absolute Gasteiger partial charge is 0.383 e. The topological polar surface area (TPSA) is 166 Å². The molecular formula is C22H32N6O6. The lowest BCUT2D eigenvalue weighted by atomic mass is 10.1. The van der Waals surface area contributed by atoms with Gasteiger partial charge in [0.1, 0.15) is 11.5 Å². The van der Waals surface area contributed by atoms with Gasteiger partial charge in [0, 0.05) is 38.4 Å². The number of rotatable bonds is 11. The van der Waals surface area contributed by atoms with E-state index in [2.05, 4.69) is 10.3 Å². The number of nitro benzene ring substituents is 1. The number of amides is 1. The highest BCUT2D eigenvalue weighted by atomic mass is 16.6. The van der Waals surface area contributed by atoms with Gasteiger partial charge in [0.05, 0.1) is 11.5 Å². The molecule has 0 aliphatic rings. The number of carbonyl (C=O) groups excluding carboxylic acids is 1. The molecule has 1 amide bonds. The fourth-order valence-electron chi connectivity index (χ4n) is 3.43. The van der Waals surface area contributed by atoms with Crippen molar-refractivity contribution in [2.24, 2.45) is 11.8 Å². The number of H-pyrrole nitrogens is 1. The summed E-state index contributed by atoms with van der Waals surface area (Å²) in [7, 11) is 1.51. The Bertz CT molecular complexity index is 1150. The standard InChI is InChI=1S/C22H32N6O6/c1-13(2)11-26(18-19(23)27(12-14(3)4)22(31)25-20(18)29)21(30)15-6-7-16(24-8-9-34-5)17(10-15)28(32)33/h6-7,10,13-14,24H,8-9,11-12,23H2,1-5H3,(H,25,29,31). The Morgan fingerprint density at radius 1 is 1.26 bits per heavy atom. The minimum absolute atomic E-state index is 0.00468. The van der Waals surface area contributed by atoms with E-state index >= 15 is 0 Å². The van der Waals surface area contributed by atoms with Crippen molar-refractivity contribution < 1.29 is 14.5 Å². The Morgan fingerprint density at radius 2 is 1.94 bits per heavy atom. The molecule has 0 aliphatic heterocycles. The van der Waals surface area contributed by atoms with E-state index in [-0.39, 0.29) is 53.4 Å². The van der Waals surface area contributed by atoms with E-state index in [1.807, 2.05) is 27.7 Å². The Balaban J connectivity index is 2.60. The molecule has 0 bridgehead atoms. The number of nitrogen functional groups attached to an aromatic ring is 1. The van der Waals surface area contributed by atoms with Crippen LogP contribution in [0.15, 0.2) is 27.8 Å². The van der Waals surface area contributed by atoms with Crippen LogP contribution < -0.4 is 27.2 Å². The van der Waals surface area contributed by atoms with Crippen LogP contribution in [0.3, 0.4) is 0 Å². The lowest BCUT2D eigenvalue weighted by Gasteiger charge is -2.26. The van der Waals surface area contributed by atoms with Crippen LogP contribution in [0.25, 0.3) is 0 Å². The first-order chi connectivity index (χ1) is 16.0. The van der Waals surface area contributed by atoms with Gasteiger partial charge in [-0.25, -0.2) is 4.79 Å². The highest BCUT2D eigenvalue weighted by Crippen LogP contribution is 2.28. The molecule has 0 saturated carbocycles. The van der Waals surface area contributed by atoms with Crippen LogP contribution in [0.5, 0.6) is 0 Å². The summed E-state index contributed by atoms with van der Waals surface area (Å²) in [6.45, 7) is 8.49. The van der Waals surface area contributed by atoms with Crippen LogP contribution in [0.1, 0.15) is 38.1 Å². The summed E-state index contributed by atoms with van der Waals surface area (Å²) in [6.07, 6.45) is 0. The van der Waals surface area contributed by atoms with E-state index in [0.29, 0.717) is 13.2 Å². The third-order valence-corrected chi connectivity index (χ3v) is 4.89. The number of aromatic nitrogens is 2. The summed E-state index contributed by atoms with van der Waals surface area (Å²) in [5.41, 5.74) is 4.53. The fraction of sp³-hybridized carbons (Fsp3) is 0.500. The molecule has 12 heteroatoms. The van der Waals surface area contributed by atoms with Crippen LogP contribution in [-0.2, 0) is 11.3 Å². The van der Waals surface area contributed by atoms with Crippen LogP contribution >= 0.6 is 0 Å². The molecule has 1 heterocycles. The van der Waals surface area contributed by atoms with Crippen molar-refractivity contribution in [2.75, 3.05) is 42.8 Å². The van der Waals surface area contributed by atoms with Crippen molar-refractivity contribution in [3.8, 4) is 0 Å². The van der Waals surface area contributed by atoms with Gasteiger partial charge in [-0.15, -0.1) is 0 Å². The lowest BCUT2D eigenvalue weighted by Crippen LogP contribution is -2.43. The molecule has 0 saturated heterocycles. The van der Waals surface area contributed by atoms with Gasteiger partial charge in [-0.2, -0.15) is 0 Å². The number of aromatic amines is 1. The van der Waals surface area contributed by atoms with Crippen molar-refractivity contribution in [3.63, 3.8) is 0 Å². The number of methoxy groups -OCH3 is 1. The van der Waals surface area contributed by atoms with Crippen LogP contribution in [0.4, 0.5) is 22.9 Å². The summed E-state index contributed by atoms with van der Waals surface area (Å²) in [6, 6.07) is 4.02. The van der Waals surface area contributed by atoms with Gasteiger partial charge in [0.2, 0.25) is 0 Å². The molecule has 186 valence electrons. The third kappa shape index (κ3) is 6.22. The molecule has 0 spiro atoms. The van der Waals surface area contributed by atoms with E-state index in [1.54, 1.807) is 0 Å². The molecule has 0 unspecified atom stereocenters. The fourth-order valence-corrected chi connectivity index (χ4v) is 3.43. The van der Waals surface area contributed by atoms with Crippen LogP contribution in [0, 0.1) is 22.0 Å². The number of benzene rings is 1. The van der Waals surface area contributed by atoms with E-state index in [0.717, 1.165) is 6.07 Å². The van der Waals surface area contributed by atoms with Crippen LogP contribution in [0.2, 0.25) is 0 Å². The zero-order valence-corrected chi connectivity index (χ0v) is 20.1. The van der Waals surface area contributed by atoms with Crippen LogP contribution in [-0.4, -0.2) is 47.2 Å². The molecular weight excluding hydrogens is 444 g/mol. The summed E-state index contributed by atoms with van der Waals surface area (Å²) in [5, 5.41) is 14.5. The highest BCUT2D eigenvalue weighted by Gasteiger charge is 2.28. The molecule has 2 aromatic rings. The normalized spacial score (nSPS) is 11.1. The Labute approximate surface area is 196 Å². The maximum Gasteiger partial charge on any atom is 0.330 e. The first-order valence-electron chi connectivity index (χ1n) is 10.9. The van der Waals surface area contributed by atoms with Gasteiger partial charge in [0.25, 0.3) is 17.2 Å². The Kier molecular flexibility index (Phi) is 8.96. The predicted molar refractivity (Wildman–Crippen MR) is 131 cm³/mol. The van der Waals surface area contributed by atoms with Crippen molar-refractivity contribution in [3.05, 3.63) is 54.7 Å². The molecule has 0 fully saturated rings. The number of hydrogen-bond donors (Lipinski definition) is 3. The molecule has 34 heavy (non-hydrogen) atoms. The van der Waals surface area contributed by atoms with Gasteiger partial charge in [-0.3, -0.25) is 29.3 Å². The number of nitro groups is 1. The summed E-state index contributed by atoms with van der Waals surface area (Å²) in [4.78, 5) is 53.1. The number of nitrogens with two attached hydrogens (primary N) is 1. The Morgan fingerprint density at radius 3 is 2.50 bits per heavy atom. The smallest absolute Gasteiger partial charge is 0.330 e. The molecule has 0 radical (unpaired) electrons. The average Bonchev–Trinajstić information content (AvgIpc) is 2.75. The number of ether oxygens (including phenoxy) is 1. The molecule has 2 rings (SSSR count). The second-order valence-corrected chi connectivity index (χ2v) is 8.72. The minimum atomic E-state index is -0.802. The maximum atomic E-state index is 13.5. The van der Waals surface area contributed by atoms with Crippen molar-refractivity contribution in [2.45, 2.75) is 34.2 Å². The van der Waals surface area contributed by atoms with Crippen molar-refractivity contribution in [1.82, 2.24) is 9.55 Å². The van der Waals surface area contributed by atoms with Gasteiger partial charge in [0.15, 0.2) is 5.69 Å². The number of nitrogens with zero attached hydrogens (tertiary/aromatic N) is 3. The molecule has 1 aromatic carbocycles. The number of carbonyl (C=O) groups is 1. The average molecular weight is 477 g/mol. The summed E-state index contributed by atoms with van der Waals surface area (Å²) < 4.78 is 6.16. The van der Waals surface area contributed by atoms with Gasteiger partial charge in [-0.1, -0.05) is 27.7 Å². The summed E-state index contributed by atoms with van der Waals surface area (Å²) >= 11 is 0. The zero-order valence-electron chi connectivity index (χ0n) is 20.1. The molecule has 12 nitrogen and oxygen atoms in total. The van der Waals surface area contributed by atoms with E-state index in [4.69, 9.17) is 10.5 Å². The monoisotopic (exact) mass is 476 g/mol. The van der Waals surface area contributed by atoms with Gasteiger partial charge >= 0.3 is 5.69 Å². The first kappa shape index (κ1) is 26.6. The third-order valence-electron chi connectivity index (χ3n) is 4.89. The Hall–Kier alpha value is -3.67. The first-order valence-corrected chi connectivity index (χ1v) is 10.9. The van der Waals surface area contributed by atoms with Gasteiger partial charge < -0.3 is 20.7 Å². The van der Waals surface area contributed by atoms with E-state index in [1.165, 1.54) is 28.7 Å². The second-order valence-electron chi connectivity index (χ2n) is 8.72. The SMILES string of the molecule is COCCNc1ccc(C(=O)N(CC(C)C)c2c(N)n(CC(C)C)c(=O)[nH]c2=O)cc1[N+](=O)[O-]. The van der Waals surface area contributed by atoms with Gasteiger partial charge in [-0.05, 0) is 24.0 Å². The quantitative estimate of drug-likeness (QED) is 0.252. The maximum absolute atomic E-state index is 13.5. The predicted octanol–water partition coefficient (Wildman–Crippen LogP) is 2.04.